The van der Waals surface area contributed by atoms with Gasteiger partial charge in [-0.2, -0.15) is 0 Å². The summed E-state index contributed by atoms with van der Waals surface area (Å²) in [6.45, 7) is 6.89. The van der Waals surface area contributed by atoms with Crippen LogP contribution in [0.25, 0.3) is 0 Å². The summed E-state index contributed by atoms with van der Waals surface area (Å²) in [5.74, 6) is 0.720. The van der Waals surface area contributed by atoms with Crippen molar-refractivity contribution >= 4 is 45.7 Å². The Bertz CT molecular complexity index is 534. The van der Waals surface area contributed by atoms with Crippen LogP contribution in [-0.2, 0) is 14.6 Å². The minimum absolute atomic E-state index is 0. The van der Waals surface area contributed by atoms with Crippen molar-refractivity contribution in [2.75, 3.05) is 32.9 Å². The molecule has 9 heteroatoms. The normalized spacial score (nSPS) is 19.3. The Morgan fingerprint density at radius 2 is 2.00 bits per heavy atom. The van der Waals surface area contributed by atoms with Crippen LogP contribution in [0.2, 0.25) is 0 Å². The first-order chi connectivity index (χ1) is 10.1. The molecule has 0 aromatic heterocycles. The molecule has 1 atom stereocenters. The van der Waals surface area contributed by atoms with E-state index in [1.54, 1.807) is 20.9 Å². The number of nitrogens with one attached hydrogen (secondary N) is 2. The molecule has 2 N–H and O–H groups in total. The number of guanidine groups is 1. The van der Waals surface area contributed by atoms with E-state index in [4.69, 9.17) is 0 Å². The van der Waals surface area contributed by atoms with E-state index in [0.717, 1.165) is 13.0 Å². The molecule has 1 unspecified atom stereocenters. The lowest BCUT2D eigenvalue weighted by Crippen LogP contribution is -2.50. The van der Waals surface area contributed by atoms with Gasteiger partial charge in [0.25, 0.3) is 0 Å². The van der Waals surface area contributed by atoms with Crippen molar-refractivity contribution in [3.63, 3.8) is 0 Å². The number of hydrogen-bond donors (Lipinski definition) is 2. The summed E-state index contributed by atoms with van der Waals surface area (Å²) in [6.07, 6.45) is 2.61. The summed E-state index contributed by atoms with van der Waals surface area (Å²) < 4.78 is 22.5. The van der Waals surface area contributed by atoms with Gasteiger partial charge in [0.05, 0.1) is 4.75 Å². The number of aliphatic imine (C=N–C) groups is 1. The number of likely N-dealkylation sites (tertiary alicyclic amines) is 1. The van der Waals surface area contributed by atoms with Crippen molar-refractivity contribution in [3.05, 3.63) is 0 Å². The molecular weight excluding hydrogens is 431 g/mol. The van der Waals surface area contributed by atoms with Crippen LogP contribution < -0.4 is 10.6 Å². The first-order valence-corrected chi connectivity index (χ1v) is 9.44. The van der Waals surface area contributed by atoms with Gasteiger partial charge in [0.1, 0.15) is 0 Å². The van der Waals surface area contributed by atoms with Gasteiger partial charge in [0.15, 0.2) is 15.8 Å². The molecule has 1 aliphatic heterocycles. The van der Waals surface area contributed by atoms with Crippen molar-refractivity contribution in [3.8, 4) is 0 Å². The van der Waals surface area contributed by atoms with E-state index in [1.165, 1.54) is 6.26 Å². The van der Waals surface area contributed by atoms with Gasteiger partial charge in [0, 0.05) is 45.4 Å². The molecule has 0 aliphatic carbocycles. The number of carbonyl (C=O) groups is 1. The molecular formula is C14H29IN4O3S. The van der Waals surface area contributed by atoms with Crippen molar-refractivity contribution in [2.45, 2.75) is 44.4 Å². The number of hydrogen-bond acceptors (Lipinski definition) is 4. The number of halogens is 1. The maximum absolute atomic E-state index is 11.7. The zero-order valence-corrected chi connectivity index (χ0v) is 17.7. The van der Waals surface area contributed by atoms with Gasteiger partial charge in [-0.1, -0.05) is 6.92 Å². The lowest BCUT2D eigenvalue weighted by Gasteiger charge is -2.25. The molecule has 1 aliphatic rings. The van der Waals surface area contributed by atoms with Gasteiger partial charge in [-0.05, 0) is 20.3 Å². The van der Waals surface area contributed by atoms with Crippen LogP contribution in [0.5, 0.6) is 0 Å². The number of rotatable bonds is 5. The van der Waals surface area contributed by atoms with Gasteiger partial charge in [0.2, 0.25) is 5.91 Å². The first kappa shape index (κ1) is 22.4. The highest BCUT2D eigenvalue weighted by Crippen LogP contribution is 2.14. The number of carbonyl (C=O) groups excluding carboxylic acids is 1. The largest absolute Gasteiger partial charge is 0.355 e. The predicted octanol–water partition coefficient (Wildman–Crippen LogP) is 0.604. The Hall–Kier alpha value is -0.580. The molecule has 136 valence electrons. The lowest BCUT2D eigenvalue weighted by molar-refractivity contribution is -0.129. The maximum Gasteiger partial charge on any atom is 0.222 e. The molecule has 0 bridgehead atoms. The standard InChI is InChI=1S/C14H28N4O3S.HI/c1-6-12(19)18-8-7-11(9-18)17-13(15-4)16-10-14(2,3)22(5,20)21;/h11H,6-10H2,1-5H3,(H2,15,16,17);1H. The molecule has 0 radical (unpaired) electrons. The average Bonchev–Trinajstić information content (AvgIpc) is 2.89. The number of sulfone groups is 1. The molecule has 7 nitrogen and oxygen atoms in total. The highest BCUT2D eigenvalue weighted by molar-refractivity contribution is 14.0. The molecule has 1 rings (SSSR count). The number of nitrogens with zero attached hydrogens (tertiary/aromatic N) is 2. The summed E-state index contributed by atoms with van der Waals surface area (Å²) in [7, 11) is -1.51. The van der Waals surface area contributed by atoms with Crippen LogP contribution in [0.4, 0.5) is 0 Å². The minimum atomic E-state index is -3.16. The van der Waals surface area contributed by atoms with Crippen LogP contribution in [0.1, 0.15) is 33.6 Å². The number of amides is 1. The fourth-order valence-corrected chi connectivity index (χ4v) is 2.48. The molecule has 0 aromatic rings. The van der Waals surface area contributed by atoms with E-state index < -0.39 is 14.6 Å². The Labute approximate surface area is 156 Å². The highest BCUT2D eigenvalue weighted by Gasteiger charge is 2.31. The first-order valence-electron chi connectivity index (χ1n) is 7.55. The van der Waals surface area contributed by atoms with Crippen LogP contribution in [0.15, 0.2) is 4.99 Å². The molecule has 1 amide bonds. The SMILES string of the molecule is CCC(=O)N1CCC(NC(=NC)NCC(C)(C)S(C)(=O)=O)C1.I. The third-order valence-corrected chi connectivity index (χ3v) is 6.25. The van der Waals surface area contributed by atoms with Gasteiger partial charge < -0.3 is 15.5 Å². The maximum atomic E-state index is 11.7. The van der Waals surface area contributed by atoms with Crippen LogP contribution in [0, 0.1) is 0 Å². The minimum Gasteiger partial charge on any atom is -0.355 e. The second-order valence-electron chi connectivity index (χ2n) is 6.28. The second kappa shape index (κ2) is 9.05. The molecule has 1 heterocycles. The van der Waals surface area contributed by atoms with E-state index in [9.17, 15) is 13.2 Å². The monoisotopic (exact) mass is 460 g/mol. The van der Waals surface area contributed by atoms with Crippen LogP contribution in [-0.4, -0.2) is 68.9 Å². The van der Waals surface area contributed by atoms with Crippen LogP contribution >= 0.6 is 24.0 Å². The van der Waals surface area contributed by atoms with Crippen LogP contribution in [0.3, 0.4) is 0 Å². The van der Waals surface area contributed by atoms with Gasteiger partial charge in [-0.15, -0.1) is 24.0 Å². The van der Waals surface area contributed by atoms with E-state index in [2.05, 4.69) is 15.6 Å². The summed E-state index contributed by atoms with van der Waals surface area (Å²) in [4.78, 5) is 17.6. The van der Waals surface area contributed by atoms with Crippen molar-refractivity contribution in [1.29, 1.82) is 0 Å². The summed E-state index contributed by atoms with van der Waals surface area (Å²) in [5.41, 5.74) is 0. The third-order valence-electron chi connectivity index (χ3n) is 4.09. The zero-order chi connectivity index (χ0) is 17.0. The van der Waals surface area contributed by atoms with E-state index in [-0.39, 0.29) is 42.5 Å². The quantitative estimate of drug-likeness (QED) is 0.357. The van der Waals surface area contributed by atoms with Gasteiger partial charge >= 0.3 is 0 Å². The Kier molecular flexibility index (Phi) is 8.82. The third kappa shape index (κ3) is 6.44. The fraction of sp³-hybridized carbons (Fsp3) is 0.857. The lowest BCUT2D eigenvalue weighted by atomic mass is 10.2. The van der Waals surface area contributed by atoms with E-state index in [0.29, 0.717) is 18.9 Å². The summed E-state index contributed by atoms with van der Waals surface area (Å²) in [5, 5.41) is 6.31. The summed E-state index contributed by atoms with van der Waals surface area (Å²) in [6, 6.07) is 0.142. The summed E-state index contributed by atoms with van der Waals surface area (Å²) >= 11 is 0. The molecule has 23 heavy (non-hydrogen) atoms. The van der Waals surface area contributed by atoms with E-state index in [1.807, 2.05) is 11.8 Å². The Balaban J connectivity index is 0.00000484. The van der Waals surface area contributed by atoms with E-state index >= 15 is 0 Å². The highest BCUT2D eigenvalue weighted by atomic mass is 127. The zero-order valence-electron chi connectivity index (χ0n) is 14.5. The van der Waals surface area contributed by atoms with Crippen molar-refractivity contribution in [1.82, 2.24) is 15.5 Å². The molecule has 0 spiro atoms. The Morgan fingerprint density at radius 3 is 2.48 bits per heavy atom. The topological polar surface area (TPSA) is 90.9 Å². The average molecular weight is 460 g/mol. The van der Waals surface area contributed by atoms with Gasteiger partial charge in [-0.3, -0.25) is 9.79 Å². The van der Waals surface area contributed by atoms with Gasteiger partial charge in [-0.25, -0.2) is 8.42 Å². The fourth-order valence-electron chi connectivity index (χ4n) is 2.14. The molecule has 1 fully saturated rings. The Morgan fingerprint density at radius 1 is 1.39 bits per heavy atom. The smallest absolute Gasteiger partial charge is 0.222 e. The molecule has 0 aromatic carbocycles. The van der Waals surface area contributed by atoms with Crippen molar-refractivity contribution < 1.29 is 13.2 Å². The second-order valence-corrected chi connectivity index (χ2v) is 8.93. The molecule has 0 saturated carbocycles. The predicted molar refractivity (Wildman–Crippen MR) is 104 cm³/mol. The van der Waals surface area contributed by atoms with Crippen molar-refractivity contribution in [2.24, 2.45) is 4.99 Å². The molecule has 1 saturated heterocycles.